The zero-order valence-electron chi connectivity index (χ0n) is 11.8. The largest absolute Gasteiger partial charge is 0.103 e. The third kappa shape index (κ3) is 2.33. The maximum absolute atomic E-state index is 2.60. The molecule has 0 unspecified atom stereocenters. The zero-order valence-corrected chi connectivity index (χ0v) is 13.8. The van der Waals surface area contributed by atoms with Gasteiger partial charge in [0, 0.05) is 0 Å². The molecule has 1 aliphatic heterocycles. The topological polar surface area (TPSA) is 0 Å². The minimum absolute atomic E-state index is 1.17. The summed E-state index contributed by atoms with van der Waals surface area (Å²) in [6.07, 6.45) is 5.08. The second-order valence-corrected chi connectivity index (χ2v) is 16.6. The minimum Gasteiger partial charge on any atom is -0.0923 e. The molecule has 17 heavy (non-hydrogen) atoms. The molecule has 0 amide bonds. The molecule has 0 atom stereocenters. The van der Waals surface area contributed by atoms with E-state index in [1.54, 1.807) is 10.8 Å². The number of hydrogen-bond donors (Lipinski definition) is 0. The van der Waals surface area contributed by atoms with Crippen molar-refractivity contribution in [2.75, 3.05) is 0 Å². The maximum atomic E-state index is 2.60. The summed E-state index contributed by atoms with van der Waals surface area (Å²) in [4.78, 5) is 1.86. The van der Waals surface area contributed by atoms with E-state index in [0.29, 0.717) is 0 Å². The first-order valence-electron chi connectivity index (χ1n) is 6.63. The average Bonchev–Trinajstić information content (AvgIpc) is 2.35. The predicted molar refractivity (Wildman–Crippen MR) is 83.3 cm³/mol. The molecule has 0 aromatic heterocycles. The number of hydrogen-bond acceptors (Lipinski definition) is 0. The van der Waals surface area contributed by atoms with Gasteiger partial charge in [-0.2, -0.15) is 0 Å². The van der Waals surface area contributed by atoms with Crippen LogP contribution in [0, 0.1) is 0 Å². The van der Waals surface area contributed by atoms with E-state index in [1.165, 1.54) is 12.8 Å². The summed E-state index contributed by atoms with van der Waals surface area (Å²) in [7, 11) is -2.57. The Kier molecular flexibility index (Phi) is 3.21. The van der Waals surface area contributed by atoms with Crippen LogP contribution in [0.3, 0.4) is 0 Å². The minimum atomic E-state index is -1.40. The van der Waals surface area contributed by atoms with Gasteiger partial charge in [0.15, 0.2) is 0 Å². The number of benzene rings is 1. The van der Waals surface area contributed by atoms with Gasteiger partial charge < -0.3 is 0 Å². The smallest absolute Gasteiger partial charge is 0.0923 e. The van der Waals surface area contributed by atoms with E-state index in [0.717, 1.165) is 0 Å². The maximum Gasteiger partial charge on any atom is 0.103 e. The molecule has 1 heterocycles. The first kappa shape index (κ1) is 12.8. The molecule has 0 N–H and O–H groups in total. The molecule has 0 nitrogen and oxygen atoms in total. The molecule has 92 valence electrons. The Morgan fingerprint density at radius 1 is 1.06 bits per heavy atom. The first-order valence-corrected chi connectivity index (χ1v) is 13.1. The van der Waals surface area contributed by atoms with Crippen molar-refractivity contribution in [3.05, 3.63) is 40.7 Å². The Morgan fingerprint density at radius 2 is 1.71 bits per heavy atom. The highest BCUT2D eigenvalue weighted by atomic mass is 28.4. The van der Waals surface area contributed by atoms with Crippen molar-refractivity contribution in [2.24, 2.45) is 0 Å². The highest BCUT2D eigenvalue weighted by Crippen LogP contribution is 2.29. The van der Waals surface area contributed by atoms with Gasteiger partial charge in [-0.05, 0) is 18.4 Å². The Morgan fingerprint density at radius 3 is 2.35 bits per heavy atom. The molecule has 1 aromatic rings. The quantitative estimate of drug-likeness (QED) is 0.672. The Hall–Kier alpha value is -0.606. The normalized spacial score (nSPS) is 19.2. The van der Waals surface area contributed by atoms with Gasteiger partial charge in [0.2, 0.25) is 0 Å². The third-order valence-corrected chi connectivity index (χ3v) is 13.3. The molecule has 0 spiro atoms. The second kappa shape index (κ2) is 4.25. The van der Waals surface area contributed by atoms with E-state index in [9.17, 15) is 0 Å². The third-order valence-electron chi connectivity index (χ3n) is 3.93. The van der Waals surface area contributed by atoms with Gasteiger partial charge in [0.1, 0.15) is 8.07 Å². The predicted octanol–water partition coefficient (Wildman–Crippen LogP) is 3.89. The molecule has 2 heteroatoms. The summed E-state index contributed by atoms with van der Waals surface area (Å²) in [6.45, 7) is 12.6. The SMILES string of the molecule is C[Si](C)(C)C1=CCCc2ccccc2[Si]1(C)C. The summed E-state index contributed by atoms with van der Waals surface area (Å²) in [5.74, 6) is 0. The Balaban J connectivity index is 2.58. The summed E-state index contributed by atoms with van der Waals surface area (Å²) < 4.78 is 0. The fraction of sp³-hybridized carbons (Fsp3) is 0.467. The van der Waals surface area contributed by atoms with Crippen LogP contribution in [0.5, 0.6) is 0 Å². The van der Waals surface area contributed by atoms with Crippen LogP contribution in [0.25, 0.3) is 0 Å². The molecule has 0 aliphatic carbocycles. The summed E-state index contributed by atoms with van der Waals surface area (Å²) in [5.41, 5.74) is 1.61. The monoisotopic (exact) mass is 260 g/mol. The molecule has 1 aliphatic rings. The highest BCUT2D eigenvalue weighted by molar-refractivity contribution is 7.10. The van der Waals surface area contributed by atoms with Gasteiger partial charge >= 0.3 is 0 Å². The lowest BCUT2D eigenvalue weighted by Crippen LogP contribution is -2.51. The summed E-state index contributed by atoms with van der Waals surface area (Å²) >= 11 is 0. The summed E-state index contributed by atoms with van der Waals surface area (Å²) in [6, 6.07) is 9.15. The number of aryl methyl sites for hydroxylation is 1. The Bertz CT molecular complexity index is 450. The van der Waals surface area contributed by atoms with Crippen LogP contribution in [0.2, 0.25) is 32.7 Å². The van der Waals surface area contributed by atoms with Crippen molar-refractivity contribution in [1.82, 2.24) is 0 Å². The van der Waals surface area contributed by atoms with Crippen LogP contribution in [0.1, 0.15) is 12.0 Å². The van der Waals surface area contributed by atoms with E-state index in [-0.39, 0.29) is 0 Å². The lowest BCUT2D eigenvalue weighted by Gasteiger charge is -2.34. The van der Waals surface area contributed by atoms with Crippen molar-refractivity contribution in [3.8, 4) is 0 Å². The molecule has 2 rings (SSSR count). The van der Waals surface area contributed by atoms with E-state index < -0.39 is 16.1 Å². The molecule has 1 aromatic carbocycles. The van der Waals surface area contributed by atoms with Crippen LogP contribution in [-0.2, 0) is 6.42 Å². The van der Waals surface area contributed by atoms with Gasteiger partial charge in [0.05, 0.1) is 8.07 Å². The van der Waals surface area contributed by atoms with Crippen molar-refractivity contribution < 1.29 is 0 Å². The fourth-order valence-corrected chi connectivity index (χ4v) is 14.5. The summed E-state index contributed by atoms with van der Waals surface area (Å²) in [5, 5.41) is 1.69. The fourth-order valence-electron chi connectivity index (χ4n) is 3.36. The molecule has 0 bridgehead atoms. The molecule has 0 radical (unpaired) electrons. The number of fused-ring (bicyclic) bond motifs is 1. The van der Waals surface area contributed by atoms with Crippen LogP contribution in [0.15, 0.2) is 35.2 Å². The van der Waals surface area contributed by atoms with E-state index in [2.05, 4.69) is 63.1 Å². The molecule has 0 saturated carbocycles. The van der Waals surface area contributed by atoms with Crippen molar-refractivity contribution >= 4 is 21.3 Å². The lowest BCUT2D eigenvalue weighted by molar-refractivity contribution is 1.01. The molecular formula is C15H24Si2. The van der Waals surface area contributed by atoms with Crippen LogP contribution in [0.4, 0.5) is 0 Å². The molecular weight excluding hydrogens is 236 g/mol. The Labute approximate surface area is 108 Å². The standard InChI is InChI=1S/C15H24Si2/c1-16(2,3)15-12-8-10-13-9-6-7-11-14(13)17(15,4)5/h6-7,9,11-12H,8,10H2,1-5H3. The van der Waals surface area contributed by atoms with E-state index >= 15 is 0 Å². The first-order chi connectivity index (χ1) is 7.83. The number of rotatable bonds is 1. The van der Waals surface area contributed by atoms with Gasteiger partial charge in [-0.3, -0.25) is 0 Å². The van der Waals surface area contributed by atoms with E-state index in [4.69, 9.17) is 0 Å². The van der Waals surface area contributed by atoms with Crippen molar-refractivity contribution in [3.63, 3.8) is 0 Å². The number of allylic oxidation sites excluding steroid dienone is 1. The average molecular weight is 261 g/mol. The lowest BCUT2D eigenvalue weighted by atomic mass is 10.1. The second-order valence-electron chi connectivity index (χ2n) is 6.69. The highest BCUT2D eigenvalue weighted by Gasteiger charge is 2.37. The van der Waals surface area contributed by atoms with Gasteiger partial charge in [-0.15, -0.1) is 0 Å². The van der Waals surface area contributed by atoms with Crippen LogP contribution < -0.4 is 5.19 Å². The van der Waals surface area contributed by atoms with Gasteiger partial charge in [-0.1, -0.05) is 73.1 Å². The van der Waals surface area contributed by atoms with Crippen molar-refractivity contribution in [1.29, 1.82) is 0 Å². The zero-order chi connectivity index (χ0) is 12.7. The molecule has 0 fully saturated rings. The van der Waals surface area contributed by atoms with Gasteiger partial charge in [-0.25, -0.2) is 0 Å². The van der Waals surface area contributed by atoms with Crippen LogP contribution >= 0.6 is 0 Å². The van der Waals surface area contributed by atoms with Crippen molar-refractivity contribution in [2.45, 2.75) is 45.6 Å². The molecule has 0 saturated heterocycles. The van der Waals surface area contributed by atoms with E-state index in [1.807, 2.05) is 4.82 Å². The van der Waals surface area contributed by atoms with Crippen LogP contribution in [-0.4, -0.2) is 16.1 Å². The van der Waals surface area contributed by atoms with Gasteiger partial charge in [0.25, 0.3) is 0 Å².